The molecule has 0 aliphatic rings. The smallest absolute Gasteiger partial charge is 0.0664 e. The molecule has 76 valence electrons. The monoisotopic (exact) mass is 209 g/mol. The van der Waals surface area contributed by atoms with E-state index in [1.165, 1.54) is 0 Å². The molecule has 0 amide bonds. The lowest BCUT2D eigenvalue weighted by Crippen LogP contribution is -2.20. The Morgan fingerprint density at radius 3 is 2.29 bits per heavy atom. The minimum Gasteiger partial charge on any atom is -0.385 e. The Morgan fingerprint density at radius 2 is 1.79 bits per heavy atom. The molecule has 0 spiro atoms. The van der Waals surface area contributed by atoms with Gasteiger partial charge in [0.2, 0.25) is 0 Å². The Morgan fingerprint density at radius 1 is 1.21 bits per heavy atom. The van der Waals surface area contributed by atoms with Crippen molar-refractivity contribution in [2.75, 3.05) is 0 Å². The average Bonchev–Trinajstić information content (AvgIpc) is 2.17. The predicted molar refractivity (Wildman–Crippen MR) is 63.2 cm³/mol. The van der Waals surface area contributed by atoms with Crippen LogP contribution in [0.3, 0.4) is 0 Å². The molecule has 1 N–H and O–H groups in total. The Kier molecular flexibility index (Phi) is 4.02. The maximum atomic E-state index is 6.22. The number of hydrogen-bond donors (Lipinski definition) is 1. The van der Waals surface area contributed by atoms with E-state index in [9.17, 15) is 0 Å². The van der Waals surface area contributed by atoms with Crippen molar-refractivity contribution in [3.8, 4) is 0 Å². The number of nitrogens with one attached hydrogen (secondary N) is 1. The summed E-state index contributed by atoms with van der Waals surface area (Å²) in [6.45, 7) is 6.19. The summed E-state index contributed by atoms with van der Waals surface area (Å²) < 4.78 is 0. The number of allylic oxidation sites excluding steroid dienone is 1. The summed E-state index contributed by atoms with van der Waals surface area (Å²) in [6, 6.07) is 10.4. The van der Waals surface area contributed by atoms with Gasteiger partial charge in [-0.05, 0) is 26.3 Å². The zero-order valence-corrected chi connectivity index (χ0v) is 9.60. The van der Waals surface area contributed by atoms with Crippen LogP contribution in [0.2, 0.25) is 0 Å². The maximum absolute atomic E-state index is 6.22. The Labute approximate surface area is 90.8 Å². The summed E-state index contributed by atoms with van der Waals surface area (Å²) in [5.41, 5.74) is 2.08. The normalized spacial score (nSPS) is 12.6. The van der Waals surface area contributed by atoms with Crippen molar-refractivity contribution in [2.24, 2.45) is 0 Å². The van der Waals surface area contributed by atoms with E-state index >= 15 is 0 Å². The fourth-order valence-electron chi connectivity index (χ4n) is 1.30. The predicted octanol–water partition coefficient (Wildman–Crippen LogP) is 3.61. The molecule has 0 atom stereocenters. The van der Waals surface area contributed by atoms with Gasteiger partial charge in [0.05, 0.1) is 5.03 Å². The molecule has 0 aliphatic carbocycles. The van der Waals surface area contributed by atoms with Crippen molar-refractivity contribution in [1.29, 1.82) is 0 Å². The van der Waals surface area contributed by atoms with E-state index in [2.05, 4.69) is 19.2 Å². The molecule has 14 heavy (non-hydrogen) atoms. The van der Waals surface area contributed by atoms with E-state index in [-0.39, 0.29) is 0 Å². The zero-order valence-electron chi connectivity index (χ0n) is 8.84. The Hall–Kier alpha value is -0.950. The summed E-state index contributed by atoms with van der Waals surface area (Å²) in [4.78, 5) is 0. The SMILES string of the molecule is C/C(NC(C)C)=C(\Cl)c1ccccc1. The van der Waals surface area contributed by atoms with Crippen molar-refractivity contribution >= 4 is 16.6 Å². The van der Waals surface area contributed by atoms with Crippen LogP contribution < -0.4 is 5.32 Å². The van der Waals surface area contributed by atoms with Gasteiger partial charge >= 0.3 is 0 Å². The van der Waals surface area contributed by atoms with Crippen LogP contribution in [-0.2, 0) is 0 Å². The summed E-state index contributed by atoms with van der Waals surface area (Å²) in [5, 5.41) is 4.08. The molecular weight excluding hydrogens is 194 g/mol. The molecule has 0 bridgehead atoms. The van der Waals surface area contributed by atoms with Crippen LogP contribution >= 0.6 is 11.6 Å². The standard InChI is InChI=1S/C12H16ClN/c1-9(2)14-10(3)12(13)11-7-5-4-6-8-11/h4-9,14H,1-3H3/b12-10+. The highest BCUT2D eigenvalue weighted by Gasteiger charge is 2.02. The minimum absolute atomic E-state index is 0.410. The maximum Gasteiger partial charge on any atom is 0.0664 e. The van der Waals surface area contributed by atoms with E-state index in [1.807, 2.05) is 37.3 Å². The van der Waals surface area contributed by atoms with Gasteiger partial charge in [0, 0.05) is 11.7 Å². The van der Waals surface area contributed by atoms with E-state index in [1.54, 1.807) is 0 Å². The van der Waals surface area contributed by atoms with Crippen molar-refractivity contribution in [1.82, 2.24) is 5.32 Å². The minimum atomic E-state index is 0.410. The molecule has 0 saturated heterocycles. The lowest BCUT2D eigenvalue weighted by molar-refractivity contribution is 0.672. The van der Waals surface area contributed by atoms with E-state index in [0.717, 1.165) is 16.3 Å². The van der Waals surface area contributed by atoms with Crippen LogP contribution in [0.1, 0.15) is 26.3 Å². The van der Waals surface area contributed by atoms with Crippen LogP contribution in [0.4, 0.5) is 0 Å². The highest BCUT2D eigenvalue weighted by Crippen LogP contribution is 2.21. The highest BCUT2D eigenvalue weighted by atomic mass is 35.5. The number of rotatable bonds is 3. The molecule has 1 aromatic carbocycles. The fourth-order valence-corrected chi connectivity index (χ4v) is 1.48. The lowest BCUT2D eigenvalue weighted by atomic mass is 10.2. The van der Waals surface area contributed by atoms with Gasteiger partial charge in [-0.25, -0.2) is 0 Å². The van der Waals surface area contributed by atoms with Gasteiger partial charge in [-0.3, -0.25) is 0 Å². The molecule has 1 aromatic rings. The van der Waals surface area contributed by atoms with Crippen LogP contribution in [0.5, 0.6) is 0 Å². The number of hydrogen-bond acceptors (Lipinski definition) is 1. The van der Waals surface area contributed by atoms with Gasteiger partial charge < -0.3 is 5.32 Å². The molecule has 0 heterocycles. The first kappa shape index (κ1) is 11.1. The topological polar surface area (TPSA) is 12.0 Å². The molecular formula is C12H16ClN. The van der Waals surface area contributed by atoms with Crippen LogP contribution in [0, 0.1) is 0 Å². The fraction of sp³-hybridized carbons (Fsp3) is 0.333. The molecule has 1 rings (SSSR count). The first-order valence-electron chi connectivity index (χ1n) is 4.79. The van der Waals surface area contributed by atoms with Crippen molar-refractivity contribution in [3.05, 3.63) is 41.6 Å². The van der Waals surface area contributed by atoms with Crippen LogP contribution in [0.25, 0.3) is 5.03 Å². The molecule has 0 fully saturated rings. The second-order valence-electron chi connectivity index (χ2n) is 3.60. The molecule has 0 radical (unpaired) electrons. The van der Waals surface area contributed by atoms with Gasteiger partial charge in [0.15, 0.2) is 0 Å². The van der Waals surface area contributed by atoms with Crippen molar-refractivity contribution in [3.63, 3.8) is 0 Å². The van der Waals surface area contributed by atoms with Gasteiger partial charge in [0.1, 0.15) is 0 Å². The second-order valence-corrected chi connectivity index (χ2v) is 3.98. The third kappa shape index (κ3) is 3.08. The summed E-state index contributed by atoms with van der Waals surface area (Å²) in [5.74, 6) is 0. The summed E-state index contributed by atoms with van der Waals surface area (Å²) in [7, 11) is 0. The quantitative estimate of drug-likeness (QED) is 0.802. The first-order valence-corrected chi connectivity index (χ1v) is 5.17. The highest BCUT2D eigenvalue weighted by molar-refractivity contribution is 6.49. The molecule has 0 aromatic heterocycles. The average molecular weight is 210 g/mol. The van der Waals surface area contributed by atoms with Crippen LogP contribution in [0.15, 0.2) is 36.0 Å². The van der Waals surface area contributed by atoms with Gasteiger partial charge in [-0.1, -0.05) is 41.9 Å². The van der Waals surface area contributed by atoms with Gasteiger partial charge in [0.25, 0.3) is 0 Å². The molecule has 0 saturated carbocycles. The third-order valence-corrected chi connectivity index (χ3v) is 2.36. The van der Waals surface area contributed by atoms with Gasteiger partial charge in [-0.2, -0.15) is 0 Å². The number of benzene rings is 1. The van der Waals surface area contributed by atoms with Gasteiger partial charge in [-0.15, -0.1) is 0 Å². The second kappa shape index (κ2) is 5.06. The molecule has 1 nitrogen and oxygen atoms in total. The Balaban J connectivity index is 2.87. The number of halogens is 1. The molecule has 0 unspecified atom stereocenters. The summed E-state index contributed by atoms with van der Waals surface area (Å²) in [6.07, 6.45) is 0. The first-order chi connectivity index (χ1) is 6.61. The van der Waals surface area contributed by atoms with Crippen LogP contribution in [-0.4, -0.2) is 6.04 Å². The van der Waals surface area contributed by atoms with E-state index < -0.39 is 0 Å². The van der Waals surface area contributed by atoms with E-state index in [0.29, 0.717) is 6.04 Å². The Bertz CT molecular complexity index is 314. The van der Waals surface area contributed by atoms with Crippen molar-refractivity contribution < 1.29 is 0 Å². The van der Waals surface area contributed by atoms with Crippen molar-refractivity contribution in [2.45, 2.75) is 26.8 Å². The molecule has 2 heteroatoms. The zero-order chi connectivity index (χ0) is 10.6. The van der Waals surface area contributed by atoms with E-state index in [4.69, 9.17) is 11.6 Å². The lowest BCUT2D eigenvalue weighted by Gasteiger charge is -2.12. The summed E-state index contributed by atoms with van der Waals surface area (Å²) >= 11 is 6.22. The third-order valence-electron chi connectivity index (χ3n) is 1.86. The molecule has 0 aliphatic heterocycles. The largest absolute Gasteiger partial charge is 0.385 e.